The number of ether oxygens (including phenoxy) is 4. The van der Waals surface area contributed by atoms with Crippen molar-refractivity contribution in [3.8, 4) is 17.2 Å². The number of hydrogen-bond acceptors (Lipinski definition) is 10. The van der Waals surface area contributed by atoms with Gasteiger partial charge >= 0.3 is 5.97 Å². The van der Waals surface area contributed by atoms with Crippen LogP contribution in [0.3, 0.4) is 0 Å². The van der Waals surface area contributed by atoms with Crippen molar-refractivity contribution in [1.82, 2.24) is 9.88 Å². The Kier molecular flexibility index (Phi) is 9.12. The fourth-order valence-electron chi connectivity index (χ4n) is 5.17. The van der Waals surface area contributed by atoms with Gasteiger partial charge in [-0.15, -0.1) is 0 Å². The molecular formula is C30H34N2O10. The summed E-state index contributed by atoms with van der Waals surface area (Å²) in [6.07, 6.45) is -9.05. The lowest BCUT2D eigenvalue weighted by Crippen LogP contribution is -2.57. The van der Waals surface area contributed by atoms with Crippen molar-refractivity contribution >= 4 is 27.8 Å². The van der Waals surface area contributed by atoms with Crippen LogP contribution in [0.25, 0.3) is 21.8 Å². The average Bonchev–Trinajstić information content (AvgIpc) is 3.33. The van der Waals surface area contributed by atoms with Crippen molar-refractivity contribution < 1.29 is 49.3 Å². The molecule has 1 fully saturated rings. The number of nitrogens with one attached hydrogen (secondary N) is 1. The number of carboxylic acids is 1. The summed E-state index contributed by atoms with van der Waals surface area (Å²) in [7, 11) is 1.58. The molecule has 1 saturated heterocycles. The van der Waals surface area contributed by atoms with Crippen LogP contribution in [0.15, 0.2) is 66.7 Å². The van der Waals surface area contributed by atoms with Crippen molar-refractivity contribution in [3.05, 3.63) is 66.7 Å². The summed E-state index contributed by atoms with van der Waals surface area (Å²) >= 11 is 0. The van der Waals surface area contributed by atoms with E-state index in [4.69, 9.17) is 18.9 Å². The summed E-state index contributed by atoms with van der Waals surface area (Å²) in [6, 6.07) is 19.8. The first kappa shape index (κ1) is 29.6. The lowest BCUT2D eigenvalue weighted by atomic mass is 9.98. The predicted molar refractivity (Wildman–Crippen MR) is 152 cm³/mol. The molecule has 42 heavy (non-hydrogen) atoms. The number of rotatable bonds is 12. The molecule has 1 aliphatic rings. The number of aromatic nitrogens is 1. The van der Waals surface area contributed by atoms with E-state index in [0.29, 0.717) is 46.8 Å². The third-order valence-corrected chi connectivity index (χ3v) is 7.20. The highest BCUT2D eigenvalue weighted by Gasteiger charge is 2.48. The minimum atomic E-state index is -1.80. The van der Waals surface area contributed by atoms with Crippen LogP contribution in [0.2, 0.25) is 0 Å². The van der Waals surface area contributed by atoms with Crippen LogP contribution in [-0.4, -0.2) is 100 Å². The second-order valence-electron chi connectivity index (χ2n) is 9.96. The first-order valence-corrected chi connectivity index (χ1v) is 13.5. The number of aliphatic hydroxyl groups is 4. The normalized spacial score (nSPS) is 23.1. The number of nitrogens with zero attached hydrogens (tertiary/aromatic N) is 1. The highest BCUT2D eigenvalue weighted by atomic mass is 16.6. The monoisotopic (exact) mass is 582 g/mol. The SMILES string of the molecule is COc1ccccc1OCCNCC(O)COc1cccc2c1c1ccccc1n2[C@@H]1O[C@H](C(=O)O)[C@@H](O)[C@H](O)[C@H]1O. The van der Waals surface area contributed by atoms with Gasteiger partial charge in [0.05, 0.1) is 18.1 Å². The summed E-state index contributed by atoms with van der Waals surface area (Å²) in [5.41, 5.74) is 1.14. The van der Waals surface area contributed by atoms with E-state index in [2.05, 4.69) is 5.32 Å². The molecule has 5 rings (SSSR count). The predicted octanol–water partition coefficient (Wildman–Crippen LogP) is 1.28. The molecule has 0 radical (unpaired) electrons. The molecule has 6 atom stereocenters. The molecule has 0 aliphatic carbocycles. The zero-order valence-corrected chi connectivity index (χ0v) is 22.9. The van der Waals surface area contributed by atoms with Crippen LogP contribution in [0.5, 0.6) is 17.2 Å². The Balaban J connectivity index is 1.29. The molecule has 12 heteroatoms. The molecule has 12 nitrogen and oxygen atoms in total. The minimum absolute atomic E-state index is 0.0203. The van der Waals surface area contributed by atoms with Gasteiger partial charge in [0.2, 0.25) is 0 Å². The highest BCUT2D eigenvalue weighted by molar-refractivity contribution is 6.11. The summed E-state index contributed by atoms with van der Waals surface area (Å²) in [4.78, 5) is 11.7. The van der Waals surface area contributed by atoms with Crippen molar-refractivity contribution in [2.45, 2.75) is 36.7 Å². The number of carboxylic acid groups (broad SMARTS) is 1. The second kappa shape index (κ2) is 12.9. The Morgan fingerprint density at radius 1 is 0.905 bits per heavy atom. The molecule has 0 bridgehead atoms. The van der Waals surface area contributed by atoms with Gasteiger partial charge in [0.1, 0.15) is 43.4 Å². The van der Waals surface area contributed by atoms with Crippen molar-refractivity contribution in [1.29, 1.82) is 0 Å². The third kappa shape index (κ3) is 5.86. The summed E-state index contributed by atoms with van der Waals surface area (Å²) in [5, 5.41) is 56.0. The van der Waals surface area contributed by atoms with Gasteiger partial charge < -0.3 is 54.4 Å². The van der Waals surface area contributed by atoms with Crippen LogP contribution in [0.4, 0.5) is 0 Å². The zero-order valence-electron chi connectivity index (χ0n) is 22.9. The van der Waals surface area contributed by atoms with E-state index in [-0.39, 0.29) is 13.2 Å². The molecular weight excluding hydrogens is 548 g/mol. The number of methoxy groups -OCH3 is 1. The molecule has 6 N–H and O–H groups in total. The first-order valence-electron chi connectivity index (χ1n) is 13.5. The Labute approximate surface area is 241 Å². The highest BCUT2D eigenvalue weighted by Crippen LogP contribution is 2.40. The standard InChI is InChI=1S/C30H34N2O10/c1-39-21-10-4-5-11-22(21)40-14-13-31-15-17(33)16-41-23-12-6-9-20-24(23)18-7-2-3-8-19(18)32(20)29-27(36)25(34)26(35)28(42-29)30(37)38/h2-12,17,25-29,31,33-36H,13-16H2,1H3,(H,37,38)/t17?,25-,26-,27+,28-,29+/m0/s1. The number of aliphatic hydroxyl groups excluding tert-OH is 4. The smallest absolute Gasteiger partial charge is 0.335 e. The number of para-hydroxylation sites is 3. The molecule has 0 saturated carbocycles. The van der Waals surface area contributed by atoms with E-state index in [1.807, 2.05) is 36.4 Å². The number of aliphatic carboxylic acids is 1. The minimum Gasteiger partial charge on any atom is -0.493 e. The molecule has 0 spiro atoms. The number of carbonyl (C=O) groups is 1. The third-order valence-electron chi connectivity index (χ3n) is 7.20. The largest absolute Gasteiger partial charge is 0.493 e. The summed E-state index contributed by atoms with van der Waals surface area (Å²) < 4.78 is 24.3. The molecule has 224 valence electrons. The maximum atomic E-state index is 11.7. The molecule has 0 amide bonds. The van der Waals surface area contributed by atoms with Gasteiger partial charge in [-0.1, -0.05) is 36.4 Å². The van der Waals surface area contributed by atoms with Crippen molar-refractivity contribution in [3.63, 3.8) is 0 Å². The van der Waals surface area contributed by atoms with Gasteiger partial charge in [0.25, 0.3) is 0 Å². The molecule has 1 aliphatic heterocycles. The Morgan fingerprint density at radius 2 is 1.60 bits per heavy atom. The average molecular weight is 583 g/mol. The van der Waals surface area contributed by atoms with Crippen molar-refractivity contribution in [2.24, 2.45) is 0 Å². The first-order chi connectivity index (χ1) is 20.3. The zero-order chi connectivity index (χ0) is 29.8. The van der Waals surface area contributed by atoms with Crippen molar-refractivity contribution in [2.75, 3.05) is 33.4 Å². The van der Waals surface area contributed by atoms with Crippen LogP contribution in [-0.2, 0) is 9.53 Å². The molecule has 4 aromatic rings. The Bertz CT molecular complexity index is 1520. The van der Waals surface area contributed by atoms with E-state index in [0.717, 1.165) is 5.39 Å². The van der Waals surface area contributed by atoms with E-state index < -0.39 is 42.7 Å². The summed E-state index contributed by atoms with van der Waals surface area (Å²) in [5.74, 6) is 0.272. The van der Waals surface area contributed by atoms with Crippen LogP contribution in [0.1, 0.15) is 6.23 Å². The second-order valence-corrected chi connectivity index (χ2v) is 9.96. The Morgan fingerprint density at radius 3 is 2.36 bits per heavy atom. The van der Waals surface area contributed by atoms with Crippen LogP contribution < -0.4 is 19.5 Å². The number of benzene rings is 3. The molecule has 3 aromatic carbocycles. The molecule has 2 heterocycles. The fourth-order valence-corrected chi connectivity index (χ4v) is 5.17. The van der Waals surface area contributed by atoms with Gasteiger partial charge in [0.15, 0.2) is 23.8 Å². The number of hydrogen-bond donors (Lipinski definition) is 6. The fraction of sp³-hybridized carbons (Fsp3) is 0.367. The van der Waals surface area contributed by atoms with Crippen LogP contribution in [0, 0.1) is 0 Å². The molecule has 1 aromatic heterocycles. The maximum absolute atomic E-state index is 11.7. The van der Waals surface area contributed by atoms with Gasteiger partial charge in [-0.05, 0) is 30.3 Å². The maximum Gasteiger partial charge on any atom is 0.335 e. The van der Waals surface area contributed by atoms with Crippen LogP contribution >= 0.6 is 0 Å². The van der Waals surface area contributed by atoms with Gasteiger partial charge in [-0.25, -0.2) is 4.79 Å². The van der Waals surface area contributed by atoms with Gasteiger partial charge in [-0.3, -0.25) is 0 Å². The Hall–Kier alpha value is -3.91. The molecule has 1 unspecified atom stereocenters. The lowest BCUT2D eigenvalue weighted by Gasteiger charge is -2.39. The lowest BCUT2D eigenvalue weighted by molar-refractivity contribution is -0.245. The topological polar surface area (TPSA) is 172 Å². The van der Waals surface area contributed by atoms with E-state index in [9.17, 15) is 30.3 Å². The van der Waals surface area contributed by atoms with Gasteiger partial charge in [-0.2, -0.15) is 0 Å². The number of fused-ring (bicyclic) bond motifs is 3. The summed E-state index contributed by atoms with van der Waals surface area (Å²) in [6.45, 7) is 1.09. The van der Waals surface area contributed by atoms with E-state index in [1.165, 1.54) is 0 Å². The van der Waals surface area contributed by atoms with E-state index in [1.54, 1.807) is 42.0 Å². The quantitative estimate of drug-likeness (QED) is 0.133. The van der Waals surface area contributed by atoms with E-state index >= 15 is 0 Å². The van der Waals surface area contributed by atoms with Gasteiger partial charge in [0, 0.05) is 23.9 Å².